The number of likely N-dealkylation sites (N-methyl/N-ethyl adjacent to an activating group) is 1. The first kappa shape index (κ1) is 12.4. The van der Waals surface area contributed by atoms with Gasteiger partial charge in [0.1, 0.15) is 0 Å². The fourth-order valence-electron chi connectivity index (χ4n) is 1.88. The van der Waals surface area contributed by atoms with E-state index in [1.54, 1.807) is 12.4 Å². The summed E-state index contributed by atoms with van der Waals surface area (Å²) in [6.07, 6.45) is 1.11. The Morgan fingerprint density at radius 2 is 2.35 bits per heavy atom. The molecule has 1 aliphatic heterocycles. The molecular weight excluding hydrogens is 242 g/mol. The van der Waals surface area contributed by atoms with Crippen LogP contribution in [0.4, 0.5) is 0 Å². The highest BCUT2D eigenvalue weighted by Crippen LogP contribution is 2.21. The first-order chi connectivity index (χ1) is 8.11. The molecule has 0 atom stereocenters. The summed E-state index contributed by atoms with van der Waals surface area (Å²) in [5, 5.41) is 15.6. The summed E-state index contributed by atoms with van der Waals surface area (Å²) >= 11 is 1.14. The lowest BCUT2D eigenvalue weighted by Gasteiger charge is -2.35. The van der Waals surface area contributed by atoms with Gasteiger partial charge in [-0.05, 0) is 11.5 Å². The molecule has 2 rings (SSSR count). The molecule has 0 bridgehead atoms. The van der Waals surface area contributed by atoms with E-state index in [9.17, 15) is 9.90 Å². The van der Waals surface area contributed by atoms with E-state index in [1.807, 2.05) is 0 Å². The van der Waals surface area contributed by atoms with E-state index in [0.717, 1.165) is 11.5 Å². The Balaban J connectivity index is 1.96. The molecule has 1 saturated heterocycles. The molecular formula is C10H15N3O3S. The average Bonchev–Trinajstić information content (AvgIpc) is 2.81. The number of aliphatic hydroxyl groups is 1. The summed E-state index contributed by atoms with van der Waals surface area (Å²) < 4.78 is 8.85. The van der Waals surface area contributed by atoms with Crippen LogP contribution in [0.1, 0.15) is 23.3 Å². The van der Waals surface area contributed by atoms with Crippen molar-refractivity contribution in [3.8, 4) is 0 Å². The van der Waals surface area contributed by atoms with Crippen molar-refractivity contribution >= 4 is 17.4 Å². The lowest BCUT2D eigenvalue weighted by Crippen LogP contribution is -2.47. The van der Waals surface area contributed by atoms with Gasteiger partial charge >= 0.3 is 0 Å². The van der Waals surface area contributed by atoms with E-state index in [-0.39, 0.29) is 5.91 Å². The third-order valence-corrected chi connectivity index (χ3v) is 3.39. The molecule has 94 valence electrons. The molecule has 6 nitrogen and oxygen atoms in total. The summed E-state index contributed by atoms with van der Waals surface area (Å²) in [7, 11) is 1.66. The molecule has 1 amide bonds. The maximum atomic E-state index is 11.9. The number of nitrogens with zero attached hydrogens (tertiary/aromatic N) is 3. The van der Waals surface area contributed by atoms with E-state index in [2.05, 4.69) is 9.59 Å². The van der Waals surface area contributed by atoms with Crippen LogP contribution in [-0.4, -0.2) is 57.9 Å². The van der Waals surface area contributed by atoms with Crippen molar-refractivity contribution in [2.75, 3.05) is 26.8 Å². The zero-order valence-electron chi connectivity index (χ0n) is 9.63. The third kappa shape index (κ3) is 2.99. The second kappa shape index (κ2) is 5.07. The van der Waals surface area contributed by atoms with Gasteiger partial charge in [-0.15, -0.1) is 5.10 Å². The third-order valence-electron chi connectivity index (χ3n) is 2.88. The molecule has 17 heavy (non-hydrogen) atoms. The molecule has 1 aliphatic rings. The number of hydrogen-bond donors (Lipinski definition) is 1. The number of hydrogen-bond acceptors (Lipinski definition) is 6. The molecule has 0 saturated carbocycles. The standard InChI is InChI=1S/C10H15N3O3S/c1-13(9(14)8-6-17-12-11-8)7-10(15)2-4-16-5-3-10/h6,15H,2-5,7H2,1H3. The fourth-order valence-corrected chi connectivity index (χ4v) is 2.31. The molecule has 1 N–H and O–H groups in total. The molecule has 1 fully saturated rings. The maximum Gasteiger partial charge on any atom is 0.275 e. The summed E-state index contributed by atoms with van der Waals surface area (Å²) in [5.74, 6) is -0.210. The predicted molar refractivity (Wildman–Crippen MR) is 61.9 cm³/mol. The van der Waals surface area contributed by atoms with Crippen LogP contribution >= 0.6 is 11.5 Å². The van der Waals surface area contributed by atoms with Gasteiger partial charge < -0.3 is 14.7 Å². The zero-order valence-corrected chi connectivity index (χ0v) is 10.4. The van der Waals surface area contributed by atoms with Crippen molar-refractivity contribution in [1.29, 1.82) is 0 Å². The van der Waals surface area contributed by atoms with E-state index in [0.29, 0.717) is 38.3 Å². The van der Waals surface area contributed by atoms with Crippen LogP contribution in [0.25, 0.3) is 0 Å². The van der Waals surface area contributed by atoms with Crippen LogP contribution in [0.15, 0.2) is 5.38 Å². The second-order valence-electron chi connectivity index (χ2n) is 4.29. The van der Waals surface area contributed by atoms with Crippen molar-refractivity contribution in [3.63, 3.8) is 0 Å². The van der Waals surface area contributed by atoms with Gasteiger partial charge in [0.05, 0.1) is 5.60 Å². The first-order valence-corrected chi connectivity index (χ1v) is 6.27. The van der Waals surface area contributed by atoms with Crippen LogP contribution in [-0.2, 0) is 4.74 Å². The van der Waals surface area contributed by atoms with Crippen molar-refractivity contribution in [3.05, 3.63) is 11.1 Å². The van der Waals surface area contributed by atoms with Crippen LogP contribution in [0, 0.1) is 0 Å². The first-order valence-electron chi connectivity index (χ1n) is 5.43. The number of rotatable bonds is 3. The van der Waals surface area contributed by atoms with Gasteiger partial charge in [0.2, 0.25) is 0 Å². The zero-order chi connectivity index (χ0) is 12.3. The Kier molecular flexibility index (Phi) is 3.70. The van der Waals surface area contributed by atoms with Crippen molar-refractivity contribution in [1.82, 2.24) is 14.5 Å². The van der Waals surface area contributed by atoms with Crippen LogP contribution in [0.5, 0.6) is 0 Å². The highest BCUT2D eigenvalue weighted by atomic mass is 32.1. The van der Waals surface area contributed by atoms with Crippen LogP contribution in [0.2, 0.25) is 0 Å². The molecule has 0 radical (unpaired) electrons. The largest absolute Gasteiger partial charge is 0.388 e. The summed E-state index contributed by atoms with van der Waals surface area (Å²) in [4.78, 5) is 13.4. The molecule has 0 aromatic carbocycles. The number of aromatic nitrogens is 2. The molecule has 0 spiro atoms. The number of ether oxygens (including phenoxy) is 1. The quantitative estimate of drug-likeness (QED) is 0.834. The highest BCUT2D eigenvalue weighted by molar-refractivity contribution is 7.03. The summed E-state index contributed by atoms with van der Waals surface area (Å²) in [6.45, 7) is 1.38. The minimum absolute atomic E-state index is 0.210. The maximum absolute atomic E-state index is 11.9. The Labute approximate surface area is 103 Å². The second-order valence-corrected chi connectivity index (χ2v) is 4.90. The lowest BCUT2D eigenvalue weighted by atomic mass is 9.94. The Hall–Kier alpha value is -1.05. The van der Waals surface area contributed by atoms with Crippen molar-refractivity contribution in [2.24, 2.45) is 0 Å². The van der Waals surface area contributed by atoms with Crippen molar-refractivity contribution in [2.45, 2.75) is 18.4 Å². The molecule has 1 aromatic heterocycles. The molecule has 2 heterocycles. The van der Waals surface area contributed by atoms with E-state index in [1.165, 1.54) is 4.90 Å². The van der Waals surface area contributed by atoms with E-state index < -0.39 is 5.60 Å². The van der Waals surface area contributed by atoms with Crippen LogP contribution in [0.3, 0.4) is 0 Å². The Bertz CT molecular complexity index is 376. The Morgan fingerprint density at radius 1 is 1.65 bits per heavy atom. The minimum atomic E-state index is -0.841. The monoisotopic (exact) mass is 257 g/mol. The molecule has 0 unspecified atom stereocenters. The smallest absolute Gasteiger partial charge is 0.275 e. The number of carbonyl (C=O) groups excluding carboxylic acids is 1. The minimum Gasteiger partial charge on any atom is -0.388 e. The highest BCUT2D eigenvalue weighted by Gasteiger charge is 2.32. The summed E-state index contributed by atoms with van der Waals surface area (Å²) in [6, 6.07) is 0. The number of carbonyl (C=O) groups is 1. The predicted octanol–water partition coefficient (Wildman–Crippen LogP) is 0.152. The average molecular weight is 257 g/mol. The molecule has 0 aliphatic carbocycles. The van der Waals surface area contributed by atoms with Gasteiger partial charge in [0.25, 0.3) is 5.91 Å². The summed E-state index contributed by atoms with van der Waals surface area (Å²) in [5.41, 5.74) is -0.514. The van der Waals surface area contributed by atoms with Gasteiger partial charge in [-0.2, -0.15) is 0 Å². The number of amides is 1. The van der Waals surface area contributed by atoms with E-state index in [4.69, 9.17) is 4.74 Å². The van der Waals surface area contributed by atoms with Gasteiger partial charge in [-0.25, -0.2) is 0 Å². The molecule has 7 heteroatoms. The fraction of sp³-hybridized carbons (Fsp3) is 0.700. The van der Waals surface area contributed by atoms with Crippen LogP contribution < -0.4 is 0 Å². The molecule has 1 aromatic rings. The topological polar surface area (TPSA) is 75.6 Å². The SMILES string of the molecule is CN(CC1(O)CCOCC1)C(=O)c1csnn1. The van der Waals surface area contributed by atoms with Gasteiger partial charge in [-0.3, -0.25) is 4.79 Å². The normalized spacial score (nSPS) is 18.9. The van der Waals surface area contributed by atoms with Gasteiger partial charge in [0.15, 0.2) is 5.69 Å². The lowest BCUT2D eigenvalue weighted by molar-refractivity contribution is -0.0734. The van der Waals surface area contributed by atoms with Gasteiger partial charge in [-0.1, -0.05) is 4.49 Å². The Morgan fingerprint density at radius 3 is 2.94 bits per heavy atom. The van der Waals surface area contributed by atoms with Crippen molar-refractivity contribution < 1.29 is 14.6 Å². The van der Waals surface area contributed by atoms with E-state index >= 15 is 0 Å². The van der Waals surface area contributed by atoms with Gasteiger partial charge in [0, 0.05) is 45.0 Å².